The average Bonchev–Trinajstić information content (AvgIpc) is 2.69. The molecule has 1 N–H and O–H groups in total. The van der Waals surface area contributed by atoms with E-state index in [9.17, 15) is 4.79 Å². The highest BCUT2D eigenvalue weighted by Crippen LogP contribution is 2.34. The number of benzene rings is 2. The quantitative estimate of drug-likeness (QED) is 0.714. The molecule has 5 heteroatoms. The van der Waals surface area contributed by atoms with E-state index in [-0.39, 0.29) is 11.7 Å². The fraction of sp³-hybridized carbons (Fsp3) is 0.261. The van der Waals surface area contributed by atoms with Crippen molar-refractivity contribution in [2.45, 2.75) is 32.6 Å². The second-order valence-electron chi connectivity index (χ2n) is 7.25. The fourth-order valence-corrected chi connectivity index (χ4v) is 3.71. The zero-order chi connectivity index (χ0) is 19.7. The minimum atomic E-state index is 0.112. The third-order valence-electron chi connectivity index (χ3n) is 5.21. The molecule has 0 bridgehead atoms. The maximum Gasteiger partial charge on any atom is 0.227 e. The molecule has 0 saturated heterocycles. The molecule has 1 atom stereocenters. The van der Waals surface area contributed by atoms with Crippen LogP contribution in [0.3, 0.4) is 0 Å². The van der Waals surface area contributed by atoms with E-state index in [0.29, 0.717) is 17.9 Å². The first-order valence-electron chi connectivity index (χ1n) is 9.42. The number of Topliss-reactive ketones (excluding diaryl/α,β-unsaturated/α-hetero) is 1. The first-order valence-corrected chi connectivity index (χ1v) is 9.42. The molecule has 142 valence electrons. The predicted octanol–water partition coefficient (Wildman–Crippen LogP) is 4.76. The summed E-state index contributed by atoms with van der Waals surface area (Å²) in [6.45, 7) is 3.93. The highest BCUT2D eigenvalue weighted by atomic mass is 16.5. The molecule has 0 saturated carbocycles. The van der Waals surface area contributed by atoms with Gasteiger partial charge in [-0.3, -0.25) is 4.79 Å². The van der Waals surface area contributed by atoms with Gasteiger partial charge in [-0.05, 0) is 56.0 Å². The highest BCUT2D eigenvalue weighted by Gasteiger charge is 2.30. The summed E-state index contributed by atoms with van der Waals surface area (Å²) < 4.78 is 5.23. The standard InChI is InChI=1S/C23H23N3O2/c1-14-4-8-18(9-5-14)25-23-24-15(2)22-20(26-23)12-17(13-21(22)27)16-6-10-19(28-3)11-7-16/h4-11,17H,12-13H2,1-3H3,(H,24,25,26)/t17-/m1/s1. The molecular formula is C23H23N3O2. The van der Waals surface area contributed by atoms with Gasteiger partial charge >= 0.3 is 0 Å². The second kappa shape index (κ2) is 7.43. The molecule has 0 fully saturated rings. The van der Waals surface area contributed by atoms with Crippen molar-refractivity contribution in [1.82, 2.24) is 9.97 Å². The number of carbonyl (C=O) groups is 1. The van der Waals surface area contributed by atoms with Gasteiger partial charge in [-0.2, -0.15) is 0 Å². The first kappa shape index (κ1) is 18.2. The van der Waals surface area contributed by atoms with E-state index in [1.54, 1.807) is 7.11 Å². The summed E-state index contributed by atoms with van der Waals surface area (Å²) in [7, 11) is 1.65. The average molecular weight is 373 g/mol. The number of fused-ring (bicyclic) bond motifs is 1. The summed E-state index contributed by atoms with van der Waals surface area (Å²) in [6.07, 6.45) is 1.20. The third-order valence-corrected chi connectivity index (χ3v) is 5.21. The van der Waals surface area contributed by atoms with Crippen molar-refractivity contribution in [2.75, 3.05) is 12.4 Å². The van der Waals surface area contributed by atoms with Gasteiger partial charge in [-0.1, -0.05) is 29.8 Å². The Kier molecular flexibility index (Phi) is 4.82. The number of hydrogen-bond acceptors (Lipinski definition) is 5. The van der Waals surface area contributed by atoms with Crippen molar-refractivity contribution in [3.63, 3.8) is 0 Å². The monoisotopic (exact) mass is 373 g/mol. The summed E-state index contributed by atoms with van der Waals surface area (Å²) >= 11 is 0. The normalized spacial score (nSPS) is 15.8. The molecule has 0 amide bonds. The maximum absolute atomic E-state index is 12.8. The van der Waals surface area contributed by atoms with Gasteiger partial charge in [-0.15, -0.1) is 0 Å². The number of nitrogens with zero attached hydrogens (tertiary/aromatic N) is 2. The highest BCUT2D eigenvalue weighted by molar-refractivity contribution is 5.99. The first-order chi connectivity index (χ1) is 13.5. The number of nitrogens with one attached hydrogen (secondary N) is 1. The van der Waals surface area contributed by atoms with Crippen molar-refractivity contribution < 1.29 is 9.53 Å². The minimum absolute atomic E-state index is 0.112. The summed E-state index contributed by atoms with van der Waals surface area (Å²) in [5.41, 5.74) is 5.49. The van der Waals surface area contributed by atoms with Gasteiger partial charge in [0.15, 0.2) is 5.78 Å². The molecule has 1 heterocycles. The van der Waals surface area contributed by atoms with Crippen molar-refractivity contribution in [3.8, 4) is 5.75 Å². The van der Waals surface area contributed by atoms with Gasteiger partial charge in [0.05, 0.1) is 24.1 Å². The van der Waals surface area contributed by atoms with Crippen LogP contribution in [0.2, 0.25) is 0 Å². The Labute approximate surface area is 164 Å². The molecule has 1 aliphatic carbocycles. The van der Waals surface area contributed by atoms with Crippen LogP contribution in [0.1, 0.15) is 45.2 Å². The number of aromatic nitrogens is 2. The van der Waals surface area contributed by atoms with Crippen LogP contribution in [-0.2, 0) is 6.42 Å². The summed E-state index contributed by atoms with van der Waals surface area (Å²) in [5.74, 6) is 1.58. The Bertz CT molecular complexity index is 1010. The topological polar surface area (TPSA) is 64.1 Å². The molecule has 5 nitrogen and oxygen atoms in total. The lowest BCUT2D eigenvalue weighted by molar-refractivity contribution is 0.0962. The Morgan fingerprint density at radius 3 is 2.36 bits per heavy atom. The minimum Gasteiger partial charge on any atom is -0.497 e. The third kappa shape index (κ3) is 3.60. The van der Waals surface area contributed by atoms with Crippen LogP contribution in [-0.4, -0.2) is 22.9 Å². The van der Waals surface area contributed by atoms with Gasteiger partial charge in [0.25, 0.3) is 0 Å². The zero-order valence-electron chi connectivity index (χ0n) is 16.3. The van der Waals surface area contributed by atoms with Gasteiger partial charge in [0.2, 0.25) is 5.95 Å². The molecule has 1 aromatic heterocycles. The number of hydrogen-bond donors (Lipinski definition) is 1. The Balaban J connectivity index is 1.63. The zero-order valence-corrected chi connectivity index (χ0v) is 16.3. The maximum atomic E-state index is 12.8. The largest absolute Gasteiger partial charge is 0.497 e. The molecule has 0 spiro atoms. The van der Waals surface area contributed by atoms with Gasteiger partial charge in [0.1, 0.15) is 5.75 Å². The van der Waals surface area contributed by atoms with Crippen molar-refractivity contribution in [1.29, 1.82) is 0 Å². The van der Waals surface area contributed by atoms with Crippen molar-refractivity contribution in [3.05, 3.63) is 76.6 Å². The number of ketones is 1. The molecule has 1 aliphatic rings. The van der Waals surface area contributed by atoms with Crippen LogP contribution < -0.4 is 10.1 Å². The Morgan fingerprint density at radius 2 is 1.68 bits per heavy atom. The van der Waals surface area contributed by atoms with E-state index in [2.05, 4.69) is 15.3 Å². The molecule has 4 rings (SSSR count). The molecule has 0 unspecified atom stereocenters. The van der Waals surface area contributed by atoms with Crippen LogP contribution in [0.15, 0.2) is 48.5 Å². The van der Waals surface area contributed by atoms with Gasteiger partial charge in [-0.25, -0.2) is 9.97 Å². The van der Waals surface area contributed by atoms with E-state index in [0.717, 1.165) is 34.8 Å². The van der Waals surface area contributed by atoms with E-state index < -0.39 is 0 Å². The number of ether oxygens (including phenoxy) is 1. The molecular weight excluding hydrogens is 350 g/mol. The van der Waals surface area contributed by atoms with Crippen molar-refractivity contribution in [2.24, 2.45) is 0 Å². The van der Waals surface area contributed by atoms with Crippen LogP contribution >= 0.6 is 0 Å². The molecule has 2 aromatic carbocycles. The SMILES string of the molecule is COc1ccc([C@H]2CC(=O)c3c(C)nc(Nc4ccc(C)cc4)nc3C2)cc1. The molecule has 0 aliphatic heterocycles. The van der Waals surface area contributed by atoms with E-state index in [1.807, 2.05) is 62.4 Å². The van der Waals surface area contributed by atoms with Gasteiger partial charge < -0.3 is 10.1 Å². The molecule has 0 radical (unpaired) electrons. The lowest BCUT2D eigenvalue weighted by Gasteiger charge is -2.24. The summed E-state index contributed by atoms with van der Waals surface area (Å²) in [6, 6.07) is 16.0. The smallest absolute Gasteiger partial charge is 0.227 e. The lowest BCUT2D eigenvalue weighted by atomic mass is 9.81. The van der Waals surface area contributed by atoms with Crippen LogP contribution in [0.4, 0.5) is 11.6 Å². The number of aryl methyl sites for hydroxylation is 2. The Hall–Kier alpha value is -3.21. The molecule has 3 aromatic rings. The number of rotatable bonds is 4. The fourth-order valence-electron chi connectivity index (χ4n) is 3.71. The van der Waals surface area contributed by atoms with Crippen molar-refractivity contribution >= 4 is 17.4 Å². The van der Waals surface area contributed by atoms with E-state index in [4.69, 9.17) is 4.74 Å². The van der Waals surface area contributed by atoms with Crippen LogP contribution in [0, 0.1) is 13.8 Å². The number of methoxy groups -OCH3 is 1. The Morgan fingerprint density at radius 1 is 0.964 bits per heavy atom. The predicted molar refractivity (Wildman–Crippen MR) is 110 cm³/mol. The summed E-state index contributed by atoms with van der Waals surface area (Å²) in [5, 5.41) is 3.26. The van der Waals surface area contributed by atoms with Crippen LogP contribution in [0.25, 0.3) is 0 Å². The second-order valence-corrected chi connectivity index (χ2v) is 7.25. The lowest BCUT2D eigenvalue weighted by Crippen LogP contribution is -2.22. The molecule has 28 heavy (non-hydrogen) atoms. The van der Waals surface area contributed by atoms with E-state index >= 15 is 0 Å². The van der Waals surface area contributed by atoms with Gasteiger partial charge in [0, 0.05) is 12.1 Å². The number of anilines is 2. The summed E-state index contributed by atoms with van der Waals surface area (Å²) in [4.78, 5) is 22.0. The van der Waals surface area contributed by atoms with Crippen LogP contribution in [0.5, 0.6) is 5.75 Å². The van der Waals surface area contributed by atoms with E-state index in [1.165, 1.54) is 5.56 Å². The number of carbonyl (C=O) groups excluding carboxylic acids is 1.